The van der Waals surface area contributed by atoms with Gasteiger partial charge in [-0.25, -0.2) is 4.79 Å². The number of hydrogen-bond acceptors (Lipinski definition) is 8. The first-order chi connectivity index (χ1) is 13.2. The van der Waals surface area contributed by atoms with Crippen molar-refractivity contribution in [3.63, 3.8) is 0 Å². The van der Waals surface area contributed by atoms with Gasteiger partial charge >= 0.3 is 5.97 Å². The number of nitrogens with one attached hydrogen (secondary N) is 5. The monoisotopic (exact) mass is 405 g/mol. The second kappa shape index (κ2) is 13.2. The van der Waals surface area contributed by atoms with Crippen LogP contribution in [0.15, 0.2) is 0 Å². The summed E-state index contributed by atoms with van der Waals surface area (Å²) in [4.78, 5) is 46.7. The van der Waals surface area contributed by atoms with Crippen LogP contribution < -0.4 is 32.7 Å². The Hall–Kier alpha value is -2.97. The summed E-state index contributed by atoms with van der Waals surface area (Å²) in [7, 11) is 0. The van der Waals surface area contributed by atoms with E-state index in [-0.39, 0.29) is 25.5 Å². The molecule has 28 heavy (non-hydrogen) atoms. The highest BCUT2D eigenvalue weighted by Gasteiger charge is 2.28. The van der Waals surface area contributed by atoms with Gasteiger partial charge in [0.2, 0.25) is 17.7 Å². The average molecular weight is 405 g/mol. The molecule has 3 atom stereocenters. The first kappa shape index (κ1) is 25.0. The molecule has 0 aromatic heterocycles. The van der Waals surface area contributed by atoms with Crippen LogP contribution in [-0.4, -0.2) is 89.4 Å². The number of carboxylic acid groups (broad SMARTS) is 1. The molecular weight excluding hydrogens is 378 g/mol. The molecule has 0 saturated carbocycles. The Balaban J connectivity index is 4.96. The van der Waals surface area contributed by atoms with E-state index in [0.717, 1.165) is 0 Å². The van der Waals surface area contributed by atoms with Gasteiger partial charge in [-0.3, -0.25) is 19.8 Å². The van der Waals surface area contributed by atoms with Gasteiger partial charge < -0.3 is 48.1 Å². The highest BCUT2D eigenvalue weighted by Crippen LogP contribution is 1.99. The van der Waals surface area contributed by atoms with Crippen LogP contribution in [-0.2, 0) is 19.2 Å². The topological polar surface area (TPSA) is 253 Å². The molecule has 0 aromatic carbocycles. The average Bonchev–Trinajstić information content (AvgIpc) is 2.65. The summed E-state index contributed by atoms with van der Waals surface area (Å²) in [6, 6.07) is -4.21. The molecule has 0 aliphatic rings. The fourth-order valence-electron chi connectivity index (χ4n) is 1.98. The fourth-order valence-corrected chi connectivity index (χ4v) is 1.98. The lowest BCUT2D eigenvalue weighted by atomic mass is 10.1. The smallest absolute Gasteiger partial charge is 0.328 e. The summed E-state index contributed by atoms with van der Waals surface area (Å²) < 4.78 is 0. The SMILES string of the molecule is N=C(N)NCCC[C@H](NC(=O)CN)C(=O)N[C@@H](CO)C(=O)N[C@@H](CO)C(=O)O. The Labute approximate surface area is 160 Å². The molecule has 3 amide bonds. The van der Waals surface area contributed by atoms with Crippen LogP contribution >= 0.6 is 0 Å². The van der Waals surface area contributed by atoms with Crippen molar-refractivity contribution in [1.82, 2.24) is 21.3 Å². The van der Waals surface area contributed by atoms with Crippen molar-refractivity contribution in [2.24, 2.45) is 11.5 Å². The Morgan fingerprint density at radius 3 is 1.93 bits per heavy atom. The first-order valence-corrected chi connectivity index (χ1v) is 8.28. The van der Waals surface area contributed by atoms with E-state index >= 15 is 0 Å². The van der Waals surface area contributed by atoms with Crippen LogP contribution in [0.5, 0.6) is 0 Å². The normalized spacial score (nSPS) is 13.5. The number of aliphatic hydroxyl groups excluding tert-OH is 2. The van der Waals surface area contributed by atoms with Crippen LogP contribution in [0.4, 0.5) is 0 Å². The van der Waals surface area contributed by atoms with Crippen molar-refractivity contribution in [3.8, 4) is 0 Å². The number of hydrogen-bond donors (Lipinski definition) is 10. The highest BCUT2D eigenvalue weighted by molar-refractivity contribution is 5.93. The van der Waals surface area contributed by atoms with Crippen molar-refractivity contribution in [2.45, 2.75) is 31.0 Å². The Morgan fingerprint density at radius 1 is 0.929 bits per heavy atom. The quantitative estimate of drug-likeness (QED) is 0.0791. The molecule has 0 aliphatic heterocycles. The first-order valence-electron chi connectivity index (χ1n) is 8.28. The standard InChI is InChI=1S/C14H27N7O7/c15-4-10(24)19-7(2-1-3-18-14(16)17)11(25)20-8(5-22)12(26)21-9(6-23)13(27)28/h7-9,22-23H,1-6,15H2,(H,19,24)(H,20,25)(H,21,26)(H,27,28)(H4,16,17,18)/t7-,8-,9-/m0/s1. The Kier molecular flexibility index (Phi) is 11.8. The third-order valence-electron chi connectivity index (χ3n) is 3.43. The number of nitrogens with two attached hydrogens (primary N) is 2. The number of rotatable bonds is 13. The lowest BCUT2D eigenvalue weighted by Gasteiger charge is -2.23. The zero-order chi connectivity index (χ0) is 21.7. The number of aliphatic hydroxyl groups is 2. The summed E-state index contributed by atoms with van der Waals surface area (Å²) in [5.41, 5.74) is 10.3. The molecular formula is C14H27N7O7. The predicted octanol–water partition coefficient (Wildman–Crippen LogP) is -5.27. The van der Waals surface area contributed by atoms with Gasteiger partial charge in [0.1, 0.15) is 18.1 Å². The molecule has 14 nitrogen and oxygen atoms in total. The largest absolute Gasteiger partial charge is 0.480 e. The molecule has 12 N–H and O–H groups in total. The molecule has 0 heterocycles. The summed E-state index contributed by atoms with van der Waals surface area (Å²) >= 11 is 0. The third-order valence-corrected chi connectivity index (χ3v) is 3.43. The molecule has 0 aromatic rings. The zero-order valence-corrected chi connectivity index (χ0v) is 15.1. The van der Waals surface area contributed by atoms with Crippen molar-refractivity contribution >= 4 is 29.7 Å². The van der Waals surface area contributed by atoms with E-state index in [4.69, 9.17) is 27.1 Å². The van der Waals surface area contributed by atoms with Gasteiger partial charge in [0.25, 0.3) is 0 Å². The zero-order valence-electron chi connectivity index (χ0n) is 15.1. The van der Waals surface area contributed by atoms with Crippen LogP contribution in [0.3, 0.4) is 0 Å². The molecule has 0 bridgehead atoms. The number of carboxylic acids is 1. The molecule has 0 unspecified atom stereocenters. The molecule has 0 aliphatic carbocycles. The number of aliphatic carboxylic acids is 1. The number of carbonyl (C=O) groups excluding carboxylic acids is 3. The minimum absolute atomic E-state index is 0.103. The van der Waals surface area contributed by atoms with E-state index < -0.39 is 55.0 Å². The number of amides is 3. The van der Waals surface area contributed by atoms with E-state index in [9.17, 15) is 24.3 Å². The molecule has 0 spiro atoms. The summed E-state index contributed by atoms with van der Waals surface area (Å²) in [5.74, 6) is -4.23. The summed E-state index contributed by atoms with van der Waals surface area (Å²) in [6.45, 7) is -1.86. The van der Waals surface area contributed by atoms with Gasteiger partial charge in [-0.2, -0.15) is 0 Å². The molecule has 14 heteroatoms. The van der Waals surface area contributed by atoms with Crippen LogP contribution in [0.2, 0.25) is 0 Å². The molecule has 0 fully saturated rings. The Bertz CT molecular complexity index is 572. The number of carbonyl (C=O) groups is 4. The van der Waals surface area contributed by atoms with Crippen molar-refractivity contribution in [3.05, 3.63) is 0 Å². The fraction of sp³-hybridized carbons (Fsp3) is 0.643. The maximum atomic E-state index is 12.4. The maximum absolute atomic E-state index is 12.4. The minimum atomic E-state index is -1.61. The van der Waals surface area contributed by atoms with Gasteiger partial charge in [0, 0.05) is 6.54 Å². The van der Waals surface area contributed by atoms with Crippen molar-refractivity contribution in [1.29, 1.82) is 5.41 Å². The van der Waals surface area contributed by atoms with Gasteiger partial charge in [0.05, 0.1) is 19.8 Å². The second-order valence-corrected chi connectivity index (χ2v) is 5.63. The van der Waals surface area contributed by atoms with Gasteiger partial charge in [0.15, 0.2) is 5.96 Å². The predicted molar refractivity (Wildman–Crippen MR) is 95.8 cm³/mol. The van der Waals surface area contributed by atoms with Crippen molar-refractivity contribution < 1.29 is 34.5 Å². The molecule has 0 saturated heterocycles. The lowest BCUT2D eigenvalue weighted by molar-refractivity contribution is -0.143. The van der Waals surface area contributed by atoms with Crippen LogP contribution in [0.1, 0.15) is 12.8 Å². The van der Waals surface area contributed by atoms with Gasteiger partial charge in [-0.1, -0.05) is 0 Å². The van der Waals surface area contributed by atoms with E-state index in [1.165, 1.54) is 0 Å². The summed E-state index contributed by atoms with van der Waals surface area (Å²) in [6.07, 6.45) is 0.427. The summed E-state index contributed by atoms with van der Waals surface area (Å²) in [5, 5.41) is 43.1. The third kappa shape index (κ3) is 9.65. The molecule has 0 rings (SSSR count). The van der Waals surface area contributed by atoms with E-state index in [2.05, 4.69) is 16.0 Å². The maximum Gasteiger partial charge on any atom is 0.328 e. The molecule has 160 valence electrons. The second-order valence-electron chi connectivity index (χ2n) is 5.63. The van der Waals surface area contributed by atoms with Gasteiger partial charge in [-0.15, -0.1) is 0 Å². The number of guanidine groups is 1. The highest BCUT2D eigenvalue weighted by atomic mass is 16.4. The van der Waals surface area contributed by atoms with E-state index in [1.54, 1.807) is 0 Å². The Morgan fingerprint density at radius 2 is 1.46 bits per heavy atom. The lowest BCUT2D eigenvalue weighted by Crippen LogP contribution is -2.57. The molecule has 0 radical (unpaired) electrons. The van der Waals surface area contributed by atoms with Gasteiger partial charge in [-0.05, 0) is 12.8 Å². The van der Waals surface area contributed by atoms with Crippen molar-refractivity contribution in [2.75, 3.05) is 26.3 Å². The van der Waals surface area contributed by atoms with E-state index in [1.807, 2.05) is 5.32 Å². The minimum Gasteiger partial charge on any atom is -0.480 e. The van der Waals surface area contributed by atoms with Crippen LogP contribution in [0, 0.1) is 5.41 Å². The van der Waals surface area contributed by atoms with E-state index in [0.29, 0.717) is 6.42 Å². The van der Waals surface area contributed by atoms with Crippen LogP contribution in [0.25, 0.3) is 0 Å².